The second kappa shape index (κ2) is 6.69. The van der Waals surface area contributed by atoms with Crippen LogP contribution in [0, 0.1) is 0 Å². The molecule has 132 valence electrons. The number of hydrogen-bond acceptors (Lipinski definition) is 3. The third-order valence-electron chi connectivity index (χ3n) is 4.30. The molecule has 2 aromatic rings. The number of rotatable bonds is 4. The van der Waals surface area contributed by atoms with Gasteiger partial charge in [-0.25, -0.2) is 8.42 Å². The van der Waals surface area contributed by atoms with Crippen LogP contribution in [0.5, 0.6) is 0 Å². The van der Waals surface area contributed by atoms with Crippen LogP contribution in [0.25, 0.3) is 0 Å². The van der Waals surface area contributed by atoms with Crippen LogP contribution in [0.2, 0.25) is 5.02 Å². The van der Waals surface area contributed by atoms with Crippen molar-refractivity contribution in [2.75, 3.05) is 22.0 Å². The van der Waals surface area contributed by atoms with E-state index in [1.165, 1.54) is 0 Å². The van der Waals surface area contributed by atoms with E-state index in [4.69, 9.17) is 11.6 Å². The Labute approximate surface area is 152 Å². The first-order valence-electron chi connectivity index (χ1n) is 7.93. The summed E-state index contributed by atoms with van der Waals surface area (Å²) in [6, 6.07) is 13.3. The second-order valence-electron chi connectivity index (χ2n) is 6.08. The van der Waals surface area contributed by atoms with Gasteiger partial charge in [0.05, 0.1) is 11.9 Å². The molecule has 0 bridgehead atoms. The minimum absolute atomic E-state index is 0.245. The molecule has 1 amide bonds. The highest BCUT2D eigenvalue weighted by Gasteiger charge is 2.34. The lowest BCUT2D eigenvalue weighted by atomic mass is 10.2. The zero-order valence-electron chi connectivity index (χ0n) is 14.0. The van der Waals surface area contributed by atoms with E-state index >= 15 is 0 Å². The van der Waals surface area contributed by atoms with Crippen LogP contribution in [0.15, 0.2) is 48.5 Å². The summed E-state index contributed by atoms with van der Waals surface area (Å²) in [4.78, 5) is 14.7. The lowest BCUT2D eigenvalue weighted by molar-refractivity contribution is -0.119. The van der Waals surface area contributed by atoms with E-state index in [1.54, 1.807) is 36.1 Å². The Morgan fingerprint density at radius 2 is 1.80 bits per heavy atom. The largest absolute Gasteiger partial charge is 0.310 e. The van der Waals surface area contributed by atoms with Gasteiger partial charge in [0, 0.05) is 17.3 Å². The topological polar surface area (TPSA) is 57.7 Å². The van der Waals surface area contributed by atoms with Crippen LogP contribution in [0.3, 0.4) is 0 Å². The molecule has 0 fully saturated rings. The molecule has 5 nitrogen and oxygen atoms in total. The Kier molecular flexibility index (Phi) is 4.75. The average molecular weight is 379 g/mol. The van der Waals surface area contributed by atoms with Gasteiger partial charge >= 0.3 is 0 Å². The zero-order valence-corrected chi connectivity index (χ0v) is 15.6. The maximum absolute atomic E-state index is 13.0. The summed E-state index contributed by atoms with van der Waals surface area (Å²) < 4.78 is 25.8. The van der Waals surface area contributed by atoms with E-state index in [1.807, 2.05) is 24.3 Å². The van der Waals surface area contributed by atoms with E-state index in [-0.39, 0.29) is 5.91 Å². The fourth-order valence-electron chi connectivity index (χ4n) is 3.18. The van der Waals surface area contributed by atoms with E-state index in [2.05, 4.69) is 0 Å². The molecule has 1 heterocycles. The molecule has 2 aromatic carbocycles. The standard InChI is InChI=1S/C18H19ClN2O3S/c1-13(18(22)20-12-11-14-5-3-4-6-17(14)20)21(25(2,23)24)16-9-7-15(19)8-10-16/h3-10,13H,11-12H2,1-2H3/t13-/m1/s1. The van der Waals surface area contributed by atoms with Crippen molar-refractivity contribution in [3.8, 4) is 0 Å². The third kappa shape index (κ3) is 3.50. The molecule has 0 aromatic heterocycles. The fourth-order valence-corrected chi connectivity index (χ4v) is 4.48. The van der Waals surface area contributed by atoms with Gasteiger partial charge in [-0.15, -0.1) is 0 Å². The lowest BCUT2D eigenvalue weighted by Crippen LogP contribution is -2.49. The number of anilines is 2. The molecule has 25 heavy (non-hydrogen) atoms. The van der Waals surface area contributed by atoms with Gasteiger partial charge in [0.2, 0.25) is 10.0 Å². The minimum atomic E-state index is -3.64. The third-order valence-corrected chi connectivity index (χ3v) is 5.79. The molecule has 0 N–H and O–H groups in total. The van der Waals surface area contributed by atoms with E-state index < -0.39 is 16.1 Å². The van der Waals surface area contributed by atoms with E-state index in [9.17, 15) is 13.2 Å². The lowest BCUT2D eigenvalue weighted by Gasteiger charge is -2.31. The molecule has 7 heteroatoms. The van der Waals surface area contributed by atoms with Crippen LogP contribution >= 0.6 is 11.6 Å². The summed E-state index contributed by atoms with van der Waals surface area (Å²) in [6.07, 6.45) is 1.87. The summed E-state index contributed by atoms with van der Waals surface area (Å²) in [5.74, 6) is -0.245. The molecule has 3 rings (SSSR count). The Hall–Kier alpha value is -2.05. The summed E-state index contributed by atoms with van der Waals surface area (Å²) in [6.45, 7) is 2.17. The Balaban J connectivity index is 1.95. The molecule has 1 aliphatic heterocycles. The van der Waals surface area contributed by atoms with Crippen molar-refractivity contribution in [3.05, 3.63) is 59.1 Å². The number of amides is 1. The molecule has 0 saturated heterocycles. The number of carbonyl (C=O) groups is 1. The van der Waals surface area contributed by atoms with Crippen LogP contribution in [0.1, 0.15) is 12.5 Å². The highest BCUT2D eigenvalue weighted by Crippen LogP contribution is 2.30. The number of halogens is 1. The van der Waals surface area contributed by atoms with Gasteiger partial charge in [-0.3, -0.25) is 9.10 Å². The van der Waals surface area contributed by atoms with Gasteiger partial charge in [0.25, 0.3) is 5.91 Å². The maximum atomic E-state index is 13.0. The number of fused-ring (bicyclic) bond motifs is 1. The number of para-hydroxylation sites is 1. The van der Waals surface area contributed by atoms with Crippen LogP contribution < -0.4 is 9.21 Å². The second-order valence-corrected chi connectivity index (χ2v) is 8.38. The number of benzene rings is 2. The van der Waals surface area contributed by atoms with Crippen molar-refractivity contribution in [2.24, 2.45) is 0 Å². The molecule has 1 atom stereocenters. The first-order valence-corrected chi connectivity index (χ1v) is 10.2. The monoisotopic (exact) mass is 378 g/mol. The minimum Gasteiger partial charge on any atom is -0.310 e. The van der Waals surface area contributed by atoms with Gasteiger partial charge in [-0.1, -0.05) is 29.8 Å². The number of nitrogens with zero attached hydrogens (tertiary/aromatic N) is 2. The Bertz CT molecular complexity index is 897. The first kappa shape index (κ1) is 17.8. The van der Waals surface area contributed by atoms with Crippen molar-refractivity contribution in [2.45, 2.75) is 19.4 Å². The van der Waals surface area contributed by atoms with Gasteiger partial charge in [-0.05, 0) is 49.2 Å². The molecule has 0 spiro atoms. The molecular formula is C18H19ClN2O3S. The van der Waals surface area contributed by atoms with Crippen LogP contribution in [-0.4, -0.2) is 33.2 Å². The molecule has 1 aliphatic rings. The number of hydrogen-bond donors (Lipinski definition) is 0. The summed E-state index contributed by atoms with van der Waals surface area (Å²) in [5, 5.41) is 0.504. The highest BCUT2D eigenvalue weighted by molar-refractivity contribution is 7.92. The summed E-state index contributed by atoms with van der Waals surface area (Å²) in [7, 11) is -3.64. The smallest absolute Gasteiger partial charge is 0.250 e. The Morgan fingerprint density at radius 1 is 1.16 bits per heavy atom. The van der Waals surface area contributed by atoms with Crippen molar-refractivity contribution >= 4 is 38.9 Å². The van der Waals surface area contributed by atoms with Crippen LogP contribution in [0.4, 0.5) is 11.4 Å². The van der Waals surface area contributed by atoms with Crippen molar-refractivity contribution in [1.82, 2.24) is 0 Å². The van der Waals surface area contributed by atoms with Crippen molar-refractivity contribution < 1.29 is 13.2 Å². The predicted molar refractivity (Wildman–Crippen MR) is 101 cm³/mol. The SMILES string of the molecule is C[C@H](C(=O)N1CCc2ccccc21)N(c1ccc(Cl)cc1)S(C)(=O)=O. The molecule has 0 saturated carbocycles. The maximum Gasteiger partial charge on any atom is 0.250 e. The molecule has 0 unspecified atom stereocenters. The molecule has 0 radical (unpaired) electrons. The first-order chi connectivity index (χ1) is 11.8. The normalized spacial score (nSPS) is 14.9. The van der Waals surface area contributed by atoms with Gasteiger partial charge < -0.3 is 4.90 Å². The Morgan fingerprint density at radius 3 is 2.44 bits per heavy atom. The summed E-state index contributed by atoms with van der Waals surface area (Å²) in [5.41, 5.74) is 2.37. The zero-order chi connectivity index (χ0) is 18.2. The molecule has 0 aliphatic carbocycles. The van der Waals surface area contributed by atoms with Gasteiger partial charge in [0.1, 0.15) is 6.04 Å². The predicted octanol–water partition coefficient (Wildman–Crippen LogP) is 3.08. The van der Waals surface area contributed by atoms with Gasteiger partial charge in [-0.2, -0.15) is 0 Å². The number of sulfonamides is 1. The highest BCUT2D eigenvalue weighted by atomic mass is 35.5. The summed E-state index contributed by atoms with van der Waals surface area (Å²) >= 11 is 5.89. The van der Waals surface area contributed by atoms with Crippen molar-refractivity contribution in [1.29, 1.82) is 0 Å². The van der Waals surface area contributed by atoms with E-state index in [0.717, 1.165) is 28.2 Å². The quantitative estimate of drug-likeness (QED) is 0.821. The molecular weight excluding hydrogens is 360 g/mol. The van der Waals surface area contributed by atoms with Crippen molar-refractivity contribution in [3.63, 3.8) is 0 Å². The average Bonchev–Trinajstić information content (AvgIpc) is 2.99. The van der Waals surface area contributed by atoms with Gasteiger partial charge in [0.15, 0.2) is 0 Å². The van der Waals surface area contributed by atoms with Crippen LogP contribution in [-0.2, 0) is 21.2 Å². The number of carbonyl (C=O) groups excluding carboxylic acids is 1. The fraction of sp³-hybridized carbons (Fsp3) is 0.278. The van der Waals surface area contributed by atoms with E-state index in [0.29, 0.717) is 17.3 Å².